The summed E-state index contributed by atoms with van der Waals surface area (Å²) < 4.78 is 0. The van der Waals surface area contributed by atoms with Crippen LogP contribution < -0.4 is 5.32 Å². The SMILES string of the molecule is C=C/C=C(\C=C)c1ccc(/C=C/CC(C=C)Nc2ccc(-c3ccc(-c4ccccc4)cc3)cc2)cc1. The van der Waals surface area contributed by atoms with Gasteiger partial charge in [-0.25, -0.2) is 0 Å². The fourth-order valence-corrected chi connectivity index (χ4v) is 4.22. The maximum Gasteiger partial charge on any atom is 0.0476 e. The number of hydrogen-bond donors (Lipinski definition) is 1. The van der Waals surface area contributed by atoms with E-state index in [-0.39, 0.29) is 6.04 Å². The van der Waals surface area contributed by atoms with E-state index >= 15 is 0 Å². The van der Waals surface area contributed by atoms with Crippen LogP contribution in [0.2, 0.25) is 0 Å². The topological polar surface area (TPSA) is 12.0 Å². The number of nitrogens with one attached hydrogen (secondary N) is 1. The van der Waals surface area contributed by atoms with Crippen molar-refractivity contribution in [2.75, 3.05) is 5.32 Å². The monoisotopic (exact) mass is 479 g/mol. The summed E-state index contributed by atoms with van der Waals surface area (Å²) in [6, 6.07) is 36.4. The van der Waals surface area contributed by atoms with Crippen LogP contribution in [0.3, 0.4) is 0 Å². The Morgan fingerprint density at radius 1 is 0.676 bits per heavy atom. The Balaban J connectivity index is 1.34. The number of anilines is 1. The summed E-state index contributed by atoms with van der Waals surface area (Å²) in [5.41, 5.74) is 9.32. The molecule has 182 valence electrons. The van der Waals surface area contributed by atoms with Gasteiger partial charge in [-0.15, -0.1) is 6.58 Å². The van der Waals surface area contributed by atoms with Crippen LogP contribution in [0.1, 0.15) is 17.5 Å². The maximum absolute atomic E-state index is 4.02. The second kappa shape index (κ2) is 12.9. The average molecular weight is 480 g/mol. The first-order valence-corrected chi connectivity index (χ1v) is 12.6. The van der Waals surface area contributed by atoms with Crippen LogP contribution in [-0.2, 0) is 0 Å². The molecule has 0 aliphatic heterocycles. The van der Waals surface area contributed by atoms with Crippen LogP contribution in [0.25, 0.3) is 33.9 Å². The number of rotatable bonds is 11. The van der Waals surface area contributed by atoms with Crippen molar-refractivity contribution in [1.82, 2.24) is 0 Å². The summed E-state index contributed by atoms with van der Waals surface area (Å²) in [5, 5.41) is 3.57. The third-order valence-electron chi connectivity index (χ3n) is 6.31. The summed E-state index contributed by atoms with van der Waals surface area (Å²) >= 11 is 0. The standard InChI is InChI=1S/C36H33N/c1-4-11-29(5-2)31-18-16-28(17-19-31)12-10-15-35(6-3)37-36-26-24-34(25-27-36)33-22-20-32(21-23-33)30-13-8-7-9-14-30/h4-14,16-27,35,37H,1-3,15H2/b12-10+,29-11+. The molecule has 0 spiro atoms. The Morgan fingerprint density at radius 3 is 1.78 bits per heavy atom. The molecule has 1 atom stereocenters. The predicted octanol–water partition coefficient (Wildman–Crippen LogP) is 9.85. The first-order valence-electron chi connectivity index (χ1n) is 12.6. The lowest BCUT2D eigenvalue weighted by Crippen LogP contribution is -2.15. The van der Waals surface area contributed by atoms with E-state index < -0.39 is 0 Å². The van der Waals surface area contributed by atoms with E-state index in [1.54, 1.807) is 6.08 Å². The second-order valence-corrected chi connectivity index (χ2v) is 8.83. The summed E-state index contributed by atoms with van der Waals surface area (Å²) in [5.74, 6) is 0. The molecule has 0 bridgehead atoms. The molecule has 0 fully saturated rings. The minimum Gasteiger partial charge on any atom is -0.379 e. The van der Waals surface area contributed by atoms with E-state index in [1.807, 2.05) is 24.3 Å². The molecule has 0 aliphatic rings. The van der Waals surface area contributed by atoms with E-state index in [4.69, 9.17) is 0 Å². The highest BCUT2D eigenvalue weighted by Gasteiger charge is 2.04. The van der Waals surface area contributed by atoms with Crippen LogP contribution in [0, 0.1) is 0 Å². The smallest absolute Gasteiger partial charge is 0.0476 e. The normalized spacial score (nSPS) is 12.2. The van der Waals surface area contributed by atoms with Crippen molar-refractivity contribution in [2.24, 2.45) is 0 Å². The van der Waals surface area contributed by atoms with Gasteiger partial charge < -0.3 is 5.32 Å². The van der Waals surface area contributed by atoms with Crippen molar-refractivity contribution in [3.8, 4) is 22.3 Å². The van der Waals surface area contributed by atoms with Gasteiger partial charge in [-0.3, -0.25) is 0 Å². The Kier molecular flexibility index (Phi) is 8.88. The lowest BCUT2D eigenvalue weighted by Gasteiger charge is -2.15. The summed E-state index contributed by atoms with van der Waals surface area (Å²) in [6.07, 6.45) is 12.7. The van der Waals surface area contributed by atoms with Gasteiger partial charge in [-0.05, 0) is 57.5 Å². The van der Waals surface area contributed by atoms with Gasteiger partial charge in [0.1, 0.15) is 0 Å². The minimum atomic E-state index is 0.148. The van der Waals surface area contributed by atoms with Gasteiger partial charge in [-0.1, -0.05) is 141 Å². The molecular weight excluding hydrogens is 446 g/mol. The highest BCUT2D eigenvalue weighted by molar-refractivity contribution is 5.75. The molecule has 1 unspecified atom stereocenters. The summed E-state index contributed by atoms with van der Waals surface area (Å²) in [7, 11) is 0. The fraction of sp³-hybridized carbons (Fsp3) is 0.0556. The number of benzene rings is 4. The highest BCUT2D eigenvalue weighted by atomic mass is 14.9. The predicted molar refractivity (Wildman–Crippen MR) is 163 cm³/mol. The number of hydrogen-bond acceptors (Lipinski definition) is 1. The van der Waals surface area contributed by atoms with Gasteiger partial charge in [0.2, 0.25) is 0 Å². The van der Waals surface area contributed by atoms with E-state index in [9.17, 15) is 0 Å². The molecule has 4 aromatic carbocycles. The third-order valence-corrected chi connectivity index (χ3v) is 6.31. The minimum absolute atomic E-state index is 0.148. The van der Waals surface area contributed by atoms with Crippen LogP contribution in [-0.4, -0.2) is 6.04 Å². The summed E-state index contributed by atoms with van der Waals surface area (Å²) in [6.45, 7) is 11.7. The molecule has 0 saturated heterocycles. The van der Waals surface area contributed by atoms with E-state index in [2.05, 4.69) is 134 Å². The first-order chi connectivity index (χ1) is 18.2. The van der Waals surface area contributed by atoms with Gasteiger partial charge >= 0.3 is 0 Å². The molecular formula is C36H33N. The molecule has 4 rings (SSSR count). The first kappa shape index (κ1) is 25.5. The highest BCUT2D eigenvalue weighted by Crippen LogP contribution is 2.26. The second-order valence-electron chi connectivity index (χ2n) is 8.83. The van der Waals surface area contributed by atoms with Gasteiger partial charge in [0.25, 0.3) is 0 Å². The van der Waals surface area contributed by atoms with Crippen molar-refractivity contribution >= 4 is 17.3 Å². The van der Waals surface area contributed by atoms with Crippen LogP contribution in [0.4, 0.5) is 5.69 Å². The van der Waals surface area contributed by atoms with Crippen LogP contribution in [0.15, 0.2) is 153 Å². The molecule has 0 aliphatic carbocycles. The fourth-order valence-electron chi connectivity index (χ4n) is 4.22. The molecule has 0 amide bonds. The van der Waals surface area contributed by atoms with Crippen LogP contribution in [0.5, 0.6) is 0 Å². The van der Waals surface area contributed by atoms with Gasteiger partial charge in [0, 0.05) is 11.7 Å². The number of allylic oxidation sites excluding steroid dienone is 4. The molecule has 0 radical (unpaired) electrons. The quantitative estimate of drug-likeness (QED) is 0.167. The summed E-state index contributed by atoms with van der Waals surface area (Å²) in [4.78, 5) is 0. The largest absolute Gasteiger partial charge is 0.379 e. The van der Waals surface area contributed by atoms with Gasteiger partial charge in [0.15, 0.2) is 0 Å². The molecule has 4 aromatic rings. The molecule has 0 aromatic heterocycles. The zero-order valence-corrected chi connectivity index (χ0v) is 21.2. The van der Waals surface area contributed by atoms with Crippen molar-refractivity contribution in [1.29, 1.82) is 0 Å². The zero-order chi connectivity index (χ0) is 25.9. The molecule has 1 N–H and O–H groups in total. The average Bonchev–Trinajstić information content (AvgIpc) is 2.97. The molecule has 1 heteroatoms. The lowest BCUT2D eigenvalue weighted by atomic mass is 10.00. The van der Waals surface area contributed by atoms with Crippen molar-refractivity contribution in [3.63, 3.8) is 0 Å². The van der Waals surface area contributed by atoms with Gasteiger partial charge in [-0.2, -0.15) is 0 Å². The third kappa shape index (κ3) is 6.96. The Bertz CT molecular complexity index is 1370. The van der Waals surface area contributed by atoms with E-state index in [0.29, 0.717) is 0 Å². The Hall–Kier alpha value is -4.62. The van der Waals surface area contributed by atoms with Crippen molar-refractivity contribution in [2.45, 2.75) is 12.5 Å². The zero-order valence-electron chi connectivity index (χ0n) is 21.2. The Morgan fingerprint density at radius 2 is 1.24 bits per heavy atom. The van der Waals surface area contributed by atoms with Crippen molar-refractivity contribution < 1.29 is 0 Å². The Labute approximate surface area is 221 Å². The van der Waals surface area contributed by atoms with Crippen molar-refractivity contribution in [3.05, 3.63) is 164 Å². The van der Waals surface area contributed by atoms with E-state index in [0.717, 1.165) is 28.8 Å². The van der Waals surface area contributed by atoms with Crippen LogP contribution >= 0.6 is 0 Å². The molecule has 37 heavy (non-hydrogen) atoms. The molecule has 1 nitrogen and oxygen atoms in total. The van der Waals surface area contributed by atoms with Gasteiger partial charge in [0.05, 0.1) is 0 Å². The van der Waals surface area contributed by atoms with E-state index in [1.165, 1.54) is 22.3 Å². The maximum atomic E-state index is 4.02. The molecule has 0 saturated carbocycles. The lowest BCUT2D eigenvalue weighted by molar-refractivity contribution is 0.898. The molecule has 0 heterocycles.